The van der Waals surface area contributed by atoms with E-state index in [9.17, 15) is 4.79 Å². The molecule has 0 radical (unpaired) electrons. The van der Waals surface area contributed by atoms with Gasteiger partial charge in [0.05, 0.1) is 0 Å². The van der Waals surface area contributed by atoms with E-state index in [1.165, 1.54) is 5.56 Å². The van der Waals surface area contributed by atoms with Gasteiger partial charge in [0.15, 0.2) is 11.9 Å². The lowest BCUT2D eigenvalue weighted by Gasteiger charge is -2.10. The highest BCUT2D eigenvalue weighted by Crippen LogP contribution is 2.17. The van der Waals surface area contributed by atoms with Gasteiger partial charge in [0, 0.05) is 42.6 Å². The largest absolute Gasteiger partial charge is 0.348 e. The van der Waals surface area contributed by atoms with Gasteiger partial charge < -0.3 is 4.57 Å². The molecule has 0 fully saturated rings. The first-order chi connectivity index (χ1) is 12.1. The number of Topliss-reactive ketones (excluding diaryl/α,β-unsaturated/α-hetero) is 1. The second-order valence-corrected chi connectivity index (χ2v) is 6.57. The van der Waals surface area contributed by atoms with Crippen LogP contribution in [0.2, 0.25) is 0 Å². The highest BCUT2D eigenvalue weighted by molar-refractivity contribution is 5.96. The summed E-state index contributed by atoms with van der Waals surface area (Å²) < 4.78 is 4.25. The van der Waals surface area contributed by atoms with Gasteiger partial charge in [-0.2, -0.15) is 4.57 Å². The molecule has 0 aliphatic carbocycles. The van der Waals surface area contributed by atoms with Crippen molar-refractivity contribution in [2.45, 2.75) is 40.3 Å². The normalized spacial score (nSPS) is 10.8. The molecule has 0 bridgehead atoms. The second-order valence-electron chi connectivity index (χ2n) is 6.57. The van der Waals surface area contributed by atoms with E-state index in [0.717, 1.165) is 35.6 Å². The second kappa shape index (κ2) is 7.47. The van der Waals surface area contributed by atoms with Gasteiger partial charge in [0.2, 0.25) is 12.3 Å². The molecule has 3 nitrogen and oxygen atoms in total. The average molecular weight is 333 g/mol. The molecule has 0 amide bonds. The van der Waals surface area contributed by atoms with E-state index < -0.39 is 0 Å². The van der Waals surface area contributed by atoms with Crippen molar-refractivity contribution in [1.29, 1.82) is 0 Å². The predicted octanol–water partition coefficient (Wildman–Crippen LogP) is 3.83. The molecule has 3 aromatic rings. The number of aromatic nitrogens is 2. The molecule has 2 aromatic heterocycles. The summed E-state index contributed by atoms with van der Waals surface area (Å²) in [6.45, 7) is 7.43. The Bertz CT molecular complexity index is 878. The molecular weight excluding hydrogens is 308 g/mol. The summed E-state index contributed by atoms with van der Waals surface area (Å²) in [5, 5.41) is 0. The molecule has 0 atom stereocenters. The maximum atomic E-state index is 12.8. The minimum atomic E-state index is 0.165. The van der Waals surface area contributed by atoms with E-state index in [0.29, 0.717) is 6.54 Å². The summed E-state index contributed by atoms with van der Waals surface area (Å²) >= 11 is 0. The van der Waals surface area contributed by atoms with Crippen LogP contribution in [0.5, 0.6) is 0 Å². The van der Waals surface area contributed by atoms with Crippen LogP contribution in [0.4, 0.5) is 0 Å². The van der Waals surface area contributed by atoms with Crippen LogP contribution < -0.4 is 4.57 Å². The standard InChI is InChI=1S/C22H25N2O/c1-17-9-7-8-13-23(17)16-22(25)21-15-18(2)24(19(21)3)14-12-20-10-5-4-6-11-20/h4-11,13,15H,12,14,16H2,1-3H3/q+1. The zero-order valence-electron chi connectivity index (χ0n) is 15.2. The van der Waals surface area contributed by atoms with Crippen molar-refractivity contribution in [3.8, 4) is 0 Å². The Hall–Kier alpha value is -2.68. The van der Waals surface area contributed by atoms with E-state index in [1.54, 1.807) is 0 Å². The number of hydrogen-bond donors (Lipinski definition) is 0. The smallest absolute Gasteiger partial charge is 0.229 e. The number of aryl methyl sites for hydroxylation is 3. The monoisotopic (exact) mass is 333 g/mol. The molecule has 0 aliphatic heterocycles. The van der Waals surface area contributed by atoms with Gasteiger partial charge >= 0.3 is 0 Å². The first-order valence-electron chi connectivity index (χ1n) is 8.75. The van der Waals surface area contributed by atoms with Gasteiger partial charge in [-0.15, -0.1) is 0 Å². The van der Waals surface area contributed by atoms with Gasteiger partial charge in [-0.1, -0.05) is 36.4 Å². The molecule has 2 heterocycles. The zero-order valence-corrected chi connectivity index (χ0v) is 15.2. The quantitative estimate of drug-likeness (QED) is 0.497. The van der Waals surface area contributed by atoms with E-state index >= 15 is 0 Å². The van der Waals surface area contributed by atoms with Gasteiger partial charge in [-0.3, -0.25) is 4.79 Å². The third-order valence-electron chi connectivity index (χ3n) is 4.82. The third-order valence-corrected chi connectivity index (χ3v) is 4.82. The fourth-order valence-electron chi connectivity index (χ4n) is 3.29. The number of carbonyl (C=O) groups is 1. The number of hydrogen-bond acceptors (Lipinski definition) is 1. The fraction of sp³-hybridized carbons (Fsp3) is 0.273. The first kappa shape index (κ1) is 17.2. The number of carbonyl (C=O) groups excluding carboxylic acids is 1. The lowest BCUT2D eigenvalue weighted by atomic mass is 10.1. The number of pyridine rings is 1. The highest BCUT2D eigenvalue weighted by atomic mass is 16.1. The van der Waals surface area contributed by atoms with Crippen LogP contribution in [-0.4, -0.2) is 10.4 Å². The maximum absolute atomic E-state index is 12.8. The fourth-order valence-corrected chi connectivity index (χ4v) is 3.29. The average Bonchev–Trinajstić information content (AvgIpc) is 2.90. The molecule has 25 heavy (non-hydrogen) atoms. The Morgan fingerprint density at radius 2 is 1.72 bits per heavy atom. The first-order valence-corrected chi connectivity index (χ1v) is 8.75. The lowest BCUT2D eigenvalue weighted by molar-refractivity contribution is -0.689. The minimum Gasteiger partial charge on any atom is -0.348 e. The summed E-state index contributed by atoms with van der Waals surface area (Å²) in [6, 6.07) is 18.5. The SMILES string of the molecule is Cc1cc(C(=O)C[n+]2ccccc2C)c(C)n1CCc1ccccc1. The van der Waals surface area contributed by atoms with Gasteiger partial charge in [0.1, 0.15) is 0 Å². The van der Waals surface area contributed by atoms with Crippen molar-refractivity contribution in [3.05, 3.63) is 89.0 Å². The van der Waals surface area contributed by atoms with Crippen LogP contribution in [0.15, 0.2) is 60.8 Å². The molecule has 3 rings (SSSR count). The maximum Gasteiger partial charge on any atom is 0.229 e. The molecule has 0 unspecified atom stereocenters. The van der Waals surface area contributed by atoms with Crippen LogP contribution in [-0.2, 0) is 19.5 Å². The van der Waals surface area contributed by atoms with Crippen LogP contribution in [0.1, 0.15) is 33.0 Å². The Morgan fingerprint density at radius 3 is 2.44 bits per heavy atom. The van der Waals surface area contributed by atoms with E-state index in [1.807, 2.05) is 54.9 Å². The van der Waals surface area contributed by atoms with E-state index in [4.69, 9.17) is 0 Å². The van der Waals surface area contributed by atoms with Crippen molar-refractivity contribution in [2.75, 3.05) is 0 Å². The Kier molecular flexibility index (Phi) is 5.13. The van der Waals surface area contributed by atoms with Crippen molar-refractivity contribution >= 4 is 5.78 Å². The minimum absolute atomic E-state index is 0.165. The number of ketones is 1. The van der Waals surface area contributed by atoms with Crippen molar-refractivity contribution in [2.24, 2.45) is 0 Å². The summed E-state index contributed by atoms with van der Waals surface area (Å²) in [6.07, 6.45) is 2.93. The van der Waals surface area contributed by atoms with E-state index in [2.05, 4.69) is 35.8 Å². The summed E-state index contributed by atoms with van der Waals surface area (Å²) in [5.74, 6) is 0.165. The molecule has 0 saturated carbocycles. The summed E-state index contributed by atoms with van der Waals surface area (Å²) in [7, 11) is 0. The number of nitrogens with zero attached hydrogens (tertiary/aromatic N) is 2. The van der Waals surface area contributed by atoms with Crippen molar-refractivity contribution < 1.29 is 9.36 Å². The van der Waals surface area contributed by atoms with Crippen LogP contribution in [0, 0.1) is 20.8 Å². The predicted molar refractivity (Wildman–Crippen MR) is 99.8 cm³/mol. The summed E-state index contributed by atoms with van der Waals surface area (Å²) in [5.41, 5.74) is 5.45. The summed E-state index contributed by atoms with van der Waals surface area (Å²) in [4.78, 5) is 12.8. The Labute approximate surface area is 149 Å². The molecular formula is C22H25N2O+. The van der Waals surface area contributed by atoms with Crippen molar-refractivity contribution in [3.63, 3.8) is 0 Å². The third kappa shape index (κ3) is 3.87. The van der Waals surface area contributed by atoms with Crippen LogP contribution >= 0.6 is 0 Å². The molecule has 0 N–H and O–H groups in total. The van der Waals surface area contributed by atoms with Crippen LogP contribution in [0.25, 0.3) is 0 Å². The van der Waals surface area contributed by atoms with Crippen molar-refractivity contribution in [1.82, 2.24) is 4.57 Å². The Morgan fingerprint density at radius 1 is 1.00 bits per heavy atom. The number of benzene rings is 1. The van der Waals surface area contributed by atoms with Gasteiger partial charge in [0.25, 0.3) is 0 Å². The number of rotatable bonds is 6. The van der Waals surface area contributed by atoms with Gasteiger partial charge in [-0.05, 0) is 31.9 Å². The van der Waals surface area contributed by atoms with Crippen LogP contribution in [0.3, 0.4) is 0 Å². The molecule has 0 spiro atoms. The topological polar surface area (TPSA) is 25.9 Å². The molecule has 3 heteroatoms. The molecule has 0 saturated heterocycles. The van der Waals surface area contributed by atoms with Gasteiger partial charge in [-0.25, -0.2) is 0 Å². The molecule has 1 aromatic carbocycles. The lowest BCUT2D eigenvalue weighted by Crippen LogP contribution is -2.40. The Balaban J connectivity index is 1.77. The van der Waals surface area contributed by atoms with E-state index in [-0.39, 0.29) is 5.78 Å². The molecule has 0 aliphatic rings. The molecule has 128 valence electrons. The zero-order chi connectivity index (χ0) is 17.8. The highest BCUT2D eigenvalue weighted by Gasteiger charge is 2.19.